The van der Waals surface area contributed by atoms with E-state index in [9.17, 15) is 0 Å². The lowest BCUT2D eigenvalue weighted by atomic mass is 10.0. The zero-order chi connectivity index (χ0) is 16.4. The largest absolute Gasteiger partial charge is 0.314 e. The summed E-state index contributed by atoms with van der Waals surface area (Å²) in [5.41, 5.74) is 3.05. The molecule has 1 aliphatic heterocycles. The number of para-hydroxylation sites is 1. The van der Waals surface area contributed by atoms with Crippen molar-refractivity contribution in [2.24, 2.45) is 4.99 Å². The van der Waals surface area contributed by atoms with Crippen molar-refractivity contribution in [1.82, 2.24) is 15.0 Å². The van der Waals surface area contributed by atoms with E-state index in [4.69, 9.17) is 11.6 Å². The van der Waals surface area contributed by atoms with Crippen molar-refractivity contribution < 1.29 is 0 Å². The molecular formula is C18H16ClN5. The molecular weight excluding hydrogens is 322 g/mol. The molecule has 0 fully saturated rings. The summed E-state index contributed by atoms with van der Waals surface area (Å²) in [5, 5.41) is 12.1. The maximum absolute atomic E-state index is 6.21. The molecule has 0 radical (unpaired) electrons. The molecule has 1 N–H and O–H groups in total. The average Bonchev–Trinajstić information content (AvgIpc) is 3.05. The number of benzene rings is 2. The number of aliphatic imine (C=N–C) groups is 1. The fourth-order valence-electron chi connectivity index (χ4n) is 2.86. The van der Waals surface area contributed by atoms with E-state index >= 15 is 0 Å². The Morgan fingerprint density at radius 3 is 2.46 bits per heavy atom. The molecule has 2 heterocycles. The summed E-state index contributed by atoms with van der Waals surface area (Å²) in [6, 6.07) is 20.1. The Bertz CT molecular complexity index is 858. The summed E-state index contributed by atoms with van der Waals surface area (Å²) in [5.74, 6) is 0.791. The van der Waals surface area contributed by atoms with Crippen LogP contribution in [0.2, 0.25) is 0 Å². The SMILES string of the molecule is ClC1=NC(CCc2ccccc2)c2nnn(-c3ccccc3)c2N1. The number of hydrogen-bond donors (Lipinski definition) is 1. The van der Waals surface area contributed by atoms with E-state index in [-0.39, 0.29) is 6.04 Å². The van der Waals surface area contributed by atoms with Crippen molar-refractivity contribution in [2.75, 3.05) is 5.32 Å². The monoisotopic (exact) mass is 337 g/mol. The van der Waals surface area contributed by atoms with E-state index in [1.165, 1.54) is 5.56 Å². The van der Waals surface area contributed by atoms with Gasteiger partial charge in [-0.3, -0.25) is 0 Å². The molecule has 24 heavy (non-hydrogen) atoms. The number of nitrogens with one attached hydrogen (secondary N) is 1. The fraction of sp³-hybridized carbons (Fsp3) is 0.167. The quantitative estimate of drug-likeness (QED) is 0.733. The first-order valence-electron chi connectivity index (χ1n) is 7.86. The zero-order valence-corrected chi connectivity index (χ0v) is 13.7. The van der Waals surface area contributed by atoms with Gasteiger partial charge >= 0.3 is 0 Å². The molecule has 0 bridgehead atoms. The van der Waals surface area contributed by atoms with Crippen LogP contribution in [0, 0.1) is 0 Å². The van der Waals surface area contributed by atoms with Gasteiger partial charge < -0.3 is 5.32 Å². The van der Waals surface area contributed by atoms with Gasteiger partial charge in [0.1, 0.15) is 11.7 Å². The summed E-state index contributed by atoms with van der Waals surface area (Å²) in [4.78, 5) is 4.50. The Morgan fingerprint density at radius 1 is 1.00 bits per heavy atom. The molecule has 1 unspecified atom stereocenters. The molecule has 1 aliphatic rings. The molecule has 120 valence electrons. The number of hydrogen-bond acceptors (Lipinski definition) is 4. The van der Waals surface area contributed by atoms with E-state index in [0.29, 0.717) is 5.29 Å². The first-order chi connectivity index (χ1) is 11.8. The maximum atomic E-state index is 6.21. The second kappa shape index (κ2) is 6.45. The second-order valence-electron chi connectivity index (χ2n) is 5.66. The topological polar surface area (TPSA) is 55.1 Å². The number of aromatic nitrogens is 3. The molecule has 0 spiro atoms. The van der Waals surface area contributed by atoms with Crippen LogP contribution in [0.15, 0.2) is 65.7 Å². The van der Waals surface area contributed by atoms with Crippen LogP contribution in [0.25, 0.3) is 5.69 Å². The predicted octanol–water partition coefficient (Wildman–Crippen LogP) is 3.96. The molecule has 2 aromatic carbocycles. The van der Waals surface area contributed by atoms with Gasteiger partial charge in [0.2, 0.25) is 0 Å². The van der Waals surface area contributed by atoms with E-state index in [1.54, 1.807) is 4.68 Å². The molecule has 0 aliphatic carbocycles. The Hall–Kier alpha value is -2.66. The lowest BCUT2D eigenvalue weighted by molar-refractivity contribution is 0.632. The van der Waals surface area contributed by atoms with Crippen LogP contribution in [-0.2, 0) is 6.42 Å². The van der Waals surface area contributed by atoms with Crippen LogP contribution in [0.5, 0.6) is 0 Å². The molecule has 1 aromatic heterocycles. The Kier molecular flexibility index (Phi) is 4.01. The molecule has 0 amide bonds. The van der Waals surface area contributed by atoms with E-state index < -0.39 is 0 Å². The standard InChI is InChI=1S/C18H16ClN5/c19-18-20-15(12-11-13-7-3-1-4-8-13)16-17(21-18)24(23-22-16)14-9-5-2-6-10-14/h1-10,15H,11-12H2,(H,20,21). The molecule has 0 saturated heterocycles. The highest BCUT2D eigenvalue weighted by Crippen LogP contribution is 2.33. The van der Waals surface area contributed by atoms with Gasteiger partial charge in [0.25, 0.3) is 0 Å². The summed E-state index contributed by atoms with van der Waals surface area (Å²) < 4.78 is 1.77. The summed E-state index contributed by atoms with van der Waals surface area (Å²) in [7, 11) is 0. The van der Waals surface area contributed by atoms with Gasteiger partial charge in [-0.1, -0.05) is 53.7 Å². The average molecular weight is 338 g/mol. The number of fused-ring (bicyclic) bond motifs is 1. The maximum Gasteiger partial charge on any atom is 0.197 e. The number of nitrogens with zero attached hydrogens (tertiary/aromatic N) is 4. The van der Waals surface area contributed by atoms with Crippen molar-refractivity contribution in [1.29, 1.82) is 0 Å². The van der Waals surface area contributed by atoms with Crippen molar-refractivity contribution in [3.05, 3.63) is 71.9 Å². The zero-order valence-electron chi connectivity index (χ0n) is 12.9. The normalized spacial score (nSPS) is 16.2. The summed E-state index contributed by atoms with van der Waals surface area (Å²) >= 11 is 6.21. The molecule has 3 aromatic rings. The number of amidine groups is 1. The lowest BCUT2D eigenvalue weighted by Gasteiger charge is -2.19. The van der Waals surface area contributed by atoms with E-state index in [0.717, 1.165) is 30.0 Å². The van der Waals surface area contributed by atoms with Crippen LogP contribution in [0.1, 0.15) is 23.7 Å². The number of halogens is 1. The molecule has 4 rings (SSSR count). The Balaban J connectivity index is 1.62. The number of anilines is 1. The van der Waals surface area contributed by atoms with Gasteiger partial charge in [0, 0.05) is 0 Å². The Labute approximate surface area is 145 Å². The molecule has 6 heteroatoms. The third-order valence-electron chi connectivity index (χ3n) is 4.05. The van der Waals surface area contributed by atoms with Crippen LogP contribution < -0.4 is 5.32 Å². The van der Waals surface area contributed by atoms with Gasteiger partial charge in [0.05, 0.1) is 5.69 Å². The van der Waals surface area contributed by atoms with Gasteiger partial charge in [-0.05, 0) is 42.1 Å². The molecule has 0 saturated carbocycles. The summed E-state index contributed by atoms with van der Waals surface area (Å²) in [6.07, 6.45) is 1.75. The van der Waals surface area contributed by atoms with Gasteiger partial charge in [-0.15, -0.1) is 5.10 Å². The van der Waals surface area contributed by atoms with E-state index in [2.05, 4.69) is 32.8 Å². The smallest absolute Gasteiger partial charge is 0.197 e. The van der Waals surface area contributed by atoms with Crippen molar-refractivity contribution in [3.8, 4) is 5.69 Å². The number of aryl methyl sites for hydroxylation is 1. The van der Waals surface area contributed by atoms with Crippen LogP contribution in [-0.4, -0.2) is 20.3 Å². The van der Waals surface area contributed by atoms with Crippen LogP contribution in [0.4, 0.5) is 5.82 Å². The first-order valence-corrected chi connectivity index (χ1v) is 8.24. The van der Waals surface area contributed by atoms with Gasteiger partial charge in [-0.25, -0.2) is 4.99 Å². The van der Waals surface area contributed by atoms with Crippen molar-refractivity contribution in [3.63, 3.8) is 0 Å². The van der Waals surface area contributed by atoms with Crippen molar-refractivity contribution >= 4 is 22.7 Å². The lowest BCUT2D eigenvalue weighted by Crippen LogP contribution is -2.18. The Morgan fingerprint density at radius 2 is 1.71 bits per heavy atom. The summed E-state index contributed by atoms with van der Waals surface area (Å²) in [6.45, 7) is 0. The molecule has 1 atom stereocenters. The number of rotatable bonds is 4. The van der Waals surface area contributed by atoms with E-state index in [1.807, 2.05) is 48.5 Å². The highest BCUT2D eigenvalue weighted by atomic mass is 35.5. The predicted molar refractivity (Wildman–Crippen MR) is 95.8 cm³/mol. The van der Waals surface area contributed by atoms with Crippen LogP contribution in [0.3, 0.4) is 0 Å². The van der Waals surface area contributed by atoms with Crippen molar-refractivity contribution in [2.45, 2.75) is 18.9 Å². The third-order valence-corrected chi connectivity index (χ3v) is 4.24. The minimum Gasteiger partial charge on any atom is -0.314 e. The fourth-order valence-corrected chi connectivity index (χ4v) is 3.07. The van der Waals surface area contributed by atoms with Crippen LogP contribution >= 0.6 is 11.6 Å². The minimum absolute atomic E-state index is 0.0913. The molecule has 5 nitrogen and oxygen atoms in total. The first kappa shape index (κ1) is 14.9. The van der Waals surface area contributed by atoms with Gasteiger partial charge in [-0.2, -0.15) is 4.68 Å². The second-order valence-corrected chi connectivity index (χ2v) is 6.01. The highest BCUT2D eigenvalue weighted by Gasteiger charge is 2.27. The highest BCUT2D eigenvalue weighted by molar-refractivity contribution is 6.67. The van der Waals surface area contributed by atoms with Gasteiger partial charge in [0.15, 0.2) is 11.1 Å². The third kappa shape index (κ3) is 2.90. The minimum atomic E-state index is -0.0913.